The predicted octanol–water partition coefficient (Wildman–Crippen LogP) is 3.14. The van der Waals surface area contributed by atoms with Crippen LogP contribution in [-0.4, -0.2) is 52.8 Å². The summed E-state index contributed by atoms with van der Waals surface area (Å²) >= 11 is 0. The molecule has 3 aromatic rings. The number of carbonyl (C=O) groups is 2. The molecule has 1 unspecified atom stereocenters. The van der Waals surface area contributed by atoms with Gasteiger partial charge in [0.2, 0.25) is 11.8 Å². The van der Waals surface area contributed by atoms with Gasteiger partial charge in [0, 0.05) is 56.4 Å². The van der Waals surface area contributed by atoms with Crippen molar-refractivity contribution in [1.82, 2.24) is 14.8 Å². The maximum absolute atomic E-state index is 13.6. The van der Waals surface area contributed by atoms with Crippen LogP contribution in [0.2, 0.25) is 0 Å². The van der Waals surface area contributed by atoms with Crippen molar-refractivity contribution in [2.45, 2.75) is 18.9 Å². The number of aromatic nitrogens is 1. The lowest BCUT2D eigenvalue weighted by molar-refractivity contribution is -0.136. The van der Waals surface area contributed by atoms with E-state index in [9.17, 15) is 14.0 Å². The first kappa shape index (κ1) is 19.6. The highest BCUT2D eigenvalue weighted by Crippen LogP contribution is 2.34. The van der Waals surface area contributed by atoms with E-state index in [1.165, 1.54) is 17.7 Å². The van der Waals surface area contributed by atoms with Crippen LogP contribution < -0.4 is 5.32 Å². The molecule has 0 aliphatic carbocycles. The van der Waals surface area contributed by atoms with Gasteiger partial charge in [-0.1, -0.05) is 30.3 Å². The minimum Gasteiger partial charge on any atom is -0.340 e. The van der Waals surface area contributed by atoms with Gasteiger partial charge in [0.05, 0.1) is 11.4 Å². The third-order valence-corrected chi connectivity index (χ3v) is 6.15. The largest absolute Gasteiger partial charge is 0.340 e. The molecule has 1 aromatic heterocycles. The van der Waals surface area contributed by atoms with Crippen LogP contribution in [0.1, 0.15) is 23.5 Å². The number of hydrogen-bond donors (Lipinski definition) is 1. The van der Waals surface area contributed by atoms with Crippen LogP contribution in [0.3, 0.4) is 0 Å². The Morgan fingerprint density at radius 2 is 1.90 bits per heavy atom. The van der Waals surface area contributed by atoms with E-state index in [-0.39, 0.29) is 18.2 Å². The molecule has 3 heterocycles. The number of nitrogens with one attached hydrogen (secondary N) is 1. The molecule has 5 rings (SSSR count). The van der Waals surface area contributed by atoms with Crippen molar-refractivity contribution in [2.75, 3.05) is 31.5 Å². The number of para-hydroxylation sites is 1. The molecule has 2 aromatic carbocycles. The predicted molar refractivity (Wildman–Crippen MR) is 116 cm³/mol. The summed E-state index contributed by atoms with van der Waals surface area (Å²) in [6, 6.07) is 14.4. The Bertz CT molecular complexity index is 1150. The summed E-state index contributed by atoms with van der Waals surface area (Å²) in [5, 5.41) is 3.80. The summed E-state index contributed by atoms with van der Waals surface area (Å²) < 4.78 is 13.6. The first-order valence-electron chi connectivity index (χ1n) is 10.5. The van der Waals surface area contributed by atoms with Gasteiger partial charge in [-0.25, -0.2) is 4.39 Å². The van der Waals surface area contributed by atoms with Crippen LogP contribution in [0, 0.1) is 5.82 Å². The number of hydrogen-bond acceptors (Lipinski definition) is 4. The first-order chi connectivity index (χ1) is 15.1. The lowest BCUT2D eigenvalue weighted by Crippen LogP contribution is -2.50. The van der Waals surface area contributed by atoms with Gasteiger partial charge in [-0.05, 0) is 29.3 Å². The monoisotopic (exact) mass is 418 g/mol. The highest BCUT2D eigenvalue weighted by molar-refractivity contribution is 6.01. The molecule has 0 radical (unpaired) electrons. The van der Waals surface area contributed by atoms with Gasteiger partial charge in [-0.15, -0.1) is 0 Å². The van der Waals surface area contributed by atoms with Crippen molar-refractivity contribution in [1.29, 1.82) is 0 Å². The van der Waals surface area contributed by atoms with Crippen LogP contribution >= 0.6 is 0 Å². The van der Waals surface area contributed by atoms with Gasteiger partial charge < -0.3 is 10.2 Å². The molecule has 0 bridgehead atoms. The van der Waals surface area contributed by atoms with E-state index < -0.39 is 11.7 Å². The Kier molecular flexibility index (Phi) is 5.11. The molecule has 2 aliphatic rings. The number of halogens is 1. The fourth-order valence-electron chi connectivity index (χ4n) is 4.54. The maximum Gasteiger partial charge on any atom is 0.230 e. The first-order valence-corrected chi connectivity index (χ1v) is 10.5. The molecule has 1 atom stereocenters. The SMILES string of the molecule is O=C1CC(C(=O)N2CCN(Cc3cccc4cccnc34)CC2)c2ccc(F)cc2N1. The third kappa shape index (κ3) is 3.88. The molecule has 2 aliphatic heterocycles. The Hall–Kier alpha value is -3.32. The number of amides is 2. The number of anilines is 1. The van der Waals surface area contributed by atoms with Gasteiger partial charge in [-0.3, -0.25) is 19.5 Å². The summed E-state index contributed by atoms with van der Waals surface area (Å²) in [7, 11) is 0. The Labute approximate surface area is 179 Å². The quantitative estimate of drug-likeness (QED) is 0.710. The van der Waals surface area contributed by atoms with E-state index in [1.807, 2.05) is 23.2 Å². The Morgan fingerprint density at radius 1 is 1.10 bits per heavy atom. The van der Waals surface area contributed by atoms with E-state index in [4.69, 9.17) is 0 Å². The fraction of sp³-hybridized carbons (Fsp3) is 0.292. The molecular formula is C24H23FN4O2. The van der Waals surface area contributed by atoms with Crippen molar-refractivity contribution >= 4 is 28.4 Å². The van der Waals surface area contributed by atoms with E-state index in [0.29, 0.717) is 24.3 Å². The van der Waals surface area contributed by atoms with Crippen molar-refractivity contribution in [2.24, 2.45) is 0 Å². The molecule has 0 spiro atoms. The van der Waals surface area contributed by atoms with Gasteiger partial charge >= 0.3 is 0 Å². The van der Waals surface area contributed by atoms with Crippen LogP contribution in [0.15, 0.2) is 54.7 Å². The standard InChI is InChI=1S/C24H23FN4O2/c25-18-6-7-19-20(14-22(30)27-21(19)13-18)24(31)29-11-9-28(10-12-29)15-17-4-1-3-16-5-2-8-26-23(16)17/h1-8,13,20H,9-12,14-15H2,(H,27,30). The molecule has 1 fully saturated rings. The van der Waals surface area contributed by atoms with Crippen molar-refractivity contribution in [3.63, 3.8) is 0 Å². The van der Waals surface area contributed by atoms with E-state index in [2.05, 4.69) is 33.4 Å². The number of carbonyl (C=O) groups excluding carboxylic acids is 2. The van der Waals surface area contributed by atoms with E-state index in [1.54, 1.807) is 6.07 Å². The second-order valence-electron chi connectivity index (χ2n) is 8.13. The zero-order valence-corrected chi connectivity index (χ0v) is 17.1. The zero-order valence-electron chi connectivity index (χ0n) is 17.1. The van der Waals surface area contributed by atoms with Crippen LogP contribution in [0.25, 0.3) is 10.9 Å². The van der Waals surface area contributed by atoms with Crippen LogP contribution in [-0.2, 0) is 16.1 Å². The molecular weight excluding hydrogens is 395 g/mol. The minimum absolute atomic E-state index is 0.0609. The van der Waals surface area contributed by atoms with Gasteiger partial charge in [-0.2, -0.15) is 0 Å². The van der Waals surface area contributed by atoms with Crippen molar-refractivity contribution < 1.29 is 14.0 Å². The average Bonchev–Trinajstić information content (AvgIpc) is 2.78. The number of piperazine rings is 1. The third-order valence-electron chi connectivity index (χ3n) is 6.15. The Balaban J connectivity index is 1.27. The molecule has 158 valence electrons. The average molecular weight is 418 g/mol. The lowest BCUT2D eigenvalue weighted by atomic mass is 9.89. The summed E-state index contributed by atoms with van der Waals surface area (Å²) in [5.41, 5.74) is 3.28. The lowest BCUT2D eigenvalue weighted by Gasteiger charge is -2.37. The minimum atomic E-state index is -0.557. The van der Waals surface area contributed by atoms with Gasteiger partial charge in [0.1, 0.15) is 5.82 Å². The number of rotatable bonds is 3. The Morgan fingerprint density at radius 3 is 2.74 bits per heavy atom. The van der Waals surface area contributed by atoms with Gasteiger partial charge in [0.15, 0.2) is 0 Å². The highest BCUT2D eigenvalue weighted by Gasteiger charge is 2.34. The van der Waals surface area contributed by atoms with Crippen molar-refractivity contribution in [3.8, 4) is 0 Å². The second-order valence-corrected chi connectivity index (χ2v) is 8.13. The number of fused-ring (bicyclic) bond motifs is 2. The summed E-state index contributed by atoms with van der Waals surface area (Å²) in [6.07, 6.45) is 1.91. The molecule has 31 heavy (non-hydrogen) atoms. The molecule has 1 N–H and O–H groups in total. The normalized spacial score (nSPS) is 19.2. The highest BCUT2D eigenvalue weighted by atomic mass is 19.1. The van der Waals surface area contributed by atoms with E-state index in [0.717, 1.165) is 30.5 Å². The summed E-state index contributed by atoms with van der Waals surface area (Å²) in [5.74, 6) is -1.30. The summed E-state index contributed by atoms with van der Waals surface area (Å²) in [4.78, 5) is 34.0. The smallest absolute Gasteiger partial charge is 0.230 e. The van der Waals surface area contributed by atoms with Gasteiger partial charge in [0.25, 0.3) is 0 Å². The fourth-order valence-corrected chi connectivity index (χ4v) is 4.54. The molecule has 6 nitrogen and oxygen atoms in total. The molecule has 1 saturated heterocycles. The number of benzene rings is 2. The van der Waals surface area contributed by atoms with Crippen LogP contribution in [0.5, 0.6) is 0 Å². The zero-order chi connectivity index (χ0) is 21.4. The summed E-state index contributed by atoms with van der Waals surface area (Å²) in [6.45, 7) is 3.50. The number of pyridine rings is 1. The molecule has 0 saturated carbocycles. The number of nitrogens with zero attached hydrogens (tertiary/aromatic N) is 3. The maximum atomic E-state index is 13.6. The molecule has 7 heteroatoms. The topological polar surface area (TPSA) is 65.5 Å². The van der Waals surface area contributed by atoms with Crippen molar-refractivity contribution in [3.05, 3.63) is 71.7 Å². The second kappa shape index (κ2) is 8.07. The van der Waals surface area contributed by atoms with E-state index >= 15 is 0 Å². The molecule has 2 amide bonds. The van der Waals surface area contributed by atoms with Crippen LogP contribution in [0.4, 0.5) is 10.1 Å².